The summed E-state index contributed by atoms with van der Waals surface area (Å²) in [5.74, 6) is 1.40. The zero-order valence-corrected chi connectivity index (χ0v) is 10.6. The van der Waals surface area contributed by atoms with Crippen LogP contribution in [0.15, 0.2) is 0 Å². The lowest BCUT2D eigenvalue weighted by atomic mass is 10.1. The van der Waals surface area contributed by atoms with Crippen LogP contribution in [0.25, 0.3) is 0 Å². The molecule has 1 saturated heterocycles. The minimum atomic E-state index is 0.132. The van der Waals surface area contributed by atoms with Gasteiger partial charge in [-0.05, 0) is 38.5 Å². The predicted octanol–water partition coefficient (Wildman–Crippen LogP) is 1.15. The summed E-state index contributed by atoms with van der Waals surface area (Å²) >= 11 is 4.03. The number of hydrogen-bond acceptors (Lipinski definition) is 3. The van der Waals surface area contributed by atoms with Crippen LogP contribution in [0.5, 0.6) is 0 Å². The second-order valence-electron chi connectivity index (χ2n) is 4.52. The predicted molar refractivity (Wildman–Crippen MR) is 66.3 cm³/mol. The molecule has 0 aliphatic carbocycles. The number of rotatable bonds is 5. The van der Waals surface area contributed by atoms with E-state index in [4.69, 9.17) is 0 Å². The molecule has 1 amide bonds. The van der Waals surface area contributed by atoms with Gasteiger partial charge in [0.05, 0.1) is 0 Å². The highest BCUT2D eigenvalue weighted by atomic mass is 32.1. The van der Waals surface area contributed by atoms with Crippen LogP contribution in [0.4, 0.5) is 0 Å². The molecule has 0 bridgehead atoms. The summed E-state index contributed by atoms with van der Waals surface area (Å²) in [6, 6.07) is 0.628. The highest BCUT2D eigenvalue weighted by molar-refractivity contribution is 7.80. The molecule has 1 unspecified atom stereocenters. The third-order valence-electron chi connectivity index (χ3n) is 2.97. The fraction of sp³-hybridized carbons (Fsp3) is 0.909. The zero-order valence-electron chi connectivity index (χ0n) is 9.70. The van der Waals surface area contributed by atoms with E-state index in [-0.39, 0.29) is 5.91 Å². The van der Waals surface area contributed by atoms with Crippen molar-refractivity contribution in [1.82, 2.24) is 10.2 Å². The number of carbonyl (C=O) groups is 1. The van der Waals surface area contributed by atoms with Gasteiger partial charge in [0.25, 0.3) is 0 Å². The number of likely N-dealkylation sites (tertiary alicyclic amines) is 1. The Bertz CT molecular complexity index is 209. The number of nitrogens with zero attached hydrogens (tertiary/aromatic N) is 1. The molecule has 15 heavy (non-hydrogen) atoms. The number of hydrogen-bond donors (Lipinski definition) is 2. The topological polar surface area (TPSA) is 32.3 Å². The van der Waals surface area contributed by atoms with Gasteiger partial charge in [-0.1, -0.05) is 0 Å². The molecule has 1 fully saturated rings. The van der Waals surface area contributed by atoms with E-state index in [1.165, 1.54) is 13.0 Å². The molecule has 1 heterocycles. The first-order valence-corrected chi connectivity index (χ1v) is 6.38. The van der Waals surface area contributed by atoms with E-state index >= 15 is 0 Å². The Labute approximate surface area is 98.0 Å². The molecule has 1 rings (SSSR count). The summed E-state index contributed by atoms with van der Waals surface area (Å²) in [7, 11) is 0. The molecule has 1 aliphatic rings. The van der Waals surface area contributed by atoms with Gasteiger partial charge in [0.1, 0.15) is 0 Å². The molecule has 88 valence electrons. The Balaban J connectivity index is 2.16. The summed E-state index contributed by atoms with van der Waals surface area (Å²) in [5, 5.41) is 2.97. The first kappa shape index (κ1) is 12.8. The maximum Gasteiger partial charge on any atom is 0.220 e. The Morgan fingerprint density at radius 1 is 1.60 bits per heavy atom. The van der Waals surface area contributed by atoms with E-state index < -0.39 is 0 Å². The van der Waals surface area contributed by atoms with Crippen LogP contribution in [0.1, 0.15) is 26.7 Å². The molecule has 3 nitrogen and oxygen atoms in total. The molecule has 0 spiro atoms. The van der Waals surface area contributed by atoms with Crippen molar-refractivity contribution in [2.75, 3.05) is 25.4 Å². The Morgan fingerprint density at radius 2 is 2.33 bits per heavy atom. The molecule has 1 N–H and O–H groups in total. The van der Waals surface area contributed by atoms with E-state index in [9.17, 15) is 4.79 Å². The normalized spacial score (nSPS) is 22.3. The van der Waals surface area contributed by atoms with Crippen molar-refractivity contribution in [2.45, 2.75) is 32.7 Å². The molecule has 0 aromatic heterocycles. The smallest absolute Gasteiger partial charge is 0.220 e. The van der Waals surface area contributed by atoms with E-state index in [1.807, 2.05) is 0 Å². The molecular formula is C11H22N2OS. The number of thiol groups is 1. The second kappa shape index (κ2) is 6.38. The molecule has 0 radical (unpaired) electrons. The molecular weight excluding hydrogens is 208 g/mol. The van der Waals surface area contributed by atoms with Gasteiger partial charge in [0.2, 0.25) is 5.91 Å². The fourth-order valence-electron chi connectivity index (χ4n) is 1.95. The van der Waals surface area contributed by atoms with E-state index in [0.29, 0.717) is 24.1 Å². The van der Waals surface area contributed by atoms with Gasteiger partial charge in [0, 0.05) is 25.6 Å². The van der Waals surface area contributed by atoms with E-state index in [1.54, 1.807) is 0 Å². The van der Waals surface area contributed by atoms with Crippen LogP contribution >= 0.6 is 12.6 Å². The third kappa shape index (κ3) is 4.43. The average molecular weight is 230 g/mol. The Morgan fingerprint density at radius 3 is 2.87 bits per heavy atom. The molecule has 0 aromatic carbocycles. The highest BCUT2D eigenvalue weighted by Gasteiger charge is 2.24. The monoisotopic (exact) mass is 230 g/mol. The van der Waals surface area contributed by atoms with Crippen molar-refractivity contribution in [2.24, 2.45) is 5.92 Å². The molecule has 1 aliphatic heterocycles. The number of carbonyl (C=O) groups excluding carboxylic acids is 1. The van der Waals surface area contributed by atoms with Gasteiger partial charge in [-0.15, -0.1) is 0 Å². The lowest BCUT2D eigenvalue weighted by Gasteiger charge is -2.20. The summed E-state index contributed by atoms with van der Waals surface area (Å²) in [5.41, 5.74) is 0. The van der Waals surface area contributed by atoms with Gasteiger partial charge < -0.3 is 10.2 Å². The maximum absolute atomic E-state index is 11.2. The Hall–Kier alpha value is -0.220. The van der Waals surface area contributed by atoms with Crippen molar-refractivity contribution >= 4 is 18.5 Å². The minimum absolute atomic E-state index is 0.132. The van der Waals surface area contributed by atoms with Crippen LogP contribution in [0.3, 0.4) is 0 Å². The maximum atomic E-state index is 11.2. The average Bonchev–Trinajstić information content (AvgIpc) is 2.63. The lowest BCUT2D eigenvalue weighted by molar-refractivity contribution is -0.120. The quantitative estimate of drug-likeness (QED) is 0.695. The summed E-state index contributed by atoms with van der Waals surface area (Å²) in [6.45, 7) is 7.57. The van der Waals surface area contributed by atoms with Crippen molar-refractivity contribution < 1.29 is 4.79 Å². The zero-order chi connectivity index (χ0) is 11.3. The SMILES string of the molecule is CC(C)N1CCC(CNC(=O)CCS)C1. The summed E-state index contributed by atoms with van der Waals surface area (Å²) < 4.78 is 0. The van der Waals surface area contributed by atoms with Crippen LogP contribution < -0.4 is 5.32 Å². The first-order valence-electron chi connectivity index (χ1n) is 5.75. The Kier molecular flexibility index (Phi) is 5.47. The van der Waals surface area contributed by atoms with Crippen LogP contribution in [-0.4, -0.2) is 42.2 Å². The van der Waals surface area contributed by atoms with Crippen LogP contribution in [0.2, 0.25) is 0 Å². The van der Waals surface area contributed by atoms with Crippen molar-refractivity contribution in [1.29, 1.82) is 0 Å². The van der Waals surface area contributed by atoms with Crippen LogP contribution in [0, 0.1) is 5.92 Å². The summed E-state index contributed by atoms with van der Waals surface area (Å²) in [6.07, 6.45) is 1.74. The fourth-order valence-corrected chi connectivity index (χ4v) is 2.15. The van der Waals surface area contributed by atoms with Crippen LogP contribution in [-0.2, 0) is 4.79 Å². The van der Waals surface area contributed by atoms with Gasteiger partial charge in [-0.25, -0.2) is 0 Å². The van der Waals surface area contributed by atoms with Gasteiger partial charge in [-0.3, -0.25) is 4.79 Å². The minimum Gasteiger partial charge on any atom is -0.356 e. The highest BCUT2D eigenvalue weighted by Crippen LogP contribution is 2.17. The van der Waals surface area contributed by atoms with E-state index in [0.717, 1.165) is 13.1 Å². The standard InChI is InChI=1S/C11H22N2OS/c1-9(2)13-5-3-10(8-13)7-12-11(14)4-6-15/h9-10,15H,3-8H2,1-2H3,(H,12,14). The van der Waals surface area contributed by atoms with Gasteiger partial charge in [0.15, 0.2) is 0 Å². The second-order valence-corrected chi connectivity index (χ2v) is 4.97. The molecule has 0 aromatic rings. The first-order chi connectivity index (χ1) is 7.13. The van der Waals surface area contributed by atoms with Gasteiger partial charge in [-0.2, -0.15) is 12.6 Å². The number of nitrogens with one attached hydrogen (secondary N) is 1. The van der Waals surface area contributed by atoms with Crippen molar-refractivity contribution in [3.8, 4) is 0 Å². The lowest BCUT2D eigenvalue weighted by Crippen LogP contribution is -2.33. The van der Waals surface area contributed by atoms with Gasteiger partial charge >= 0.3 is 0 Å². The molecule has 1 atom stereocenters. The summed E-state index contributed by atoms with van der Waals surface area (Å²) in [4.78, 5) is 13.7. The van der Waals surface area contributed by atoms with E-state index in [2.05, 4.69) is 36.7 Å². The van der Waals surface area contributed by atoms with Crippen molar-refractivity contribution in [3.63, 3.8) is 0 Å². The third-order valence-corrected chi connectivity index (χ3v) is 3.20. The largest absolute Gasteiger partial charge is 0.356 e. The molecule has 0 saturated carbocycles. The van der Waals surface area contributed by atoms with Crippen molar-refractivity contribution in [3.05, 3.63) is 0 Å². The molecule has 4 heteroatoms. The number of amides is 1.